The highest BCUT2D eigenvalue weighted by atomic mass is 16.2. The van der Waals surface area contributed by atoms with Crippen LogP contribution >= 0.6 is 0 Å². The number of aliphatic hydroxyl groups excluding tert-OH is 1. The summed E-state index contributed by atoms with van der Waals surface area (Å²) in [5, 5.41) is 25.7. The zero-order valence-electron chi connectivity index (χ0n) is 11.0. The molecular formula is C16H11N3O2. The minimum atomic E-state index is -0.448. The molecule has 0 saturated carbocycles. The summed E-state index contributed by atoms with van der Waals surface area (Å²) in [7, 11) is 0. The van der Waals surface area contributed by atoms with E-state index in [9.17, 15) is 4.79 Å². The molecule has 2 aromatic carbocycles. The van der Waals surface area contributed by atoms with Gasteiger partial charge in [-0.15, -0.1) is 10.2 Å². The number of carbonyl (C=O) groups excluding carboxylic acids is 1. The summed E-state index contributed by atoms with van der Waals surface area (Å²) < 4.78 is 0. The lowest BCUT2D eigenvalue weighted by Gasteiger charge is -1.99. The summed E-state index contributed by atoms with van der Waals surface area (Å²) in [4.78, 5) is 12.1. The van der Waals surface area contributed by atoms with Crippen molar-refractivity contribution in [2.24, 2.45) is 10.2 Å². The number of ketones is 1. The molecule has 0 bridgehead atoms. The molecule has 0 heterocycles. The average Bonchev–Trinajstić information content (AvgIpc) is 2.56. The van der Waals surface area contributed by atoms with Crippen LogP contribution in [0.25, 0.3) is 0 Å². The van der Waals surface area contributed by atoms with E-state index in [0.29, 0.717) is 23.1 Å². The summed E-state index contributed by atoms with van der Waals surface area (Å²) in [5.41, 5.74) is 0.866. The number of nitrogens with zero attached hydrogens (tertiary/aromatic N) is 3. The minimum Gasteiger partial charge on any atom is -0.513 e. The largest absolute Gasteiger partial charge is 0.513 e. The van der Waals surface area contributed by atoms with Crippen LogP contribution in [0.1, 0.15) is 15.9 Å². The zero-order valence-corrected chi connectivity index (χ0v) is 11.0. The van der Waals surface area contributed by atoms with Crippen molar-refractivity contribution in [2.75, 3.05) is 0 Å². The highest BCUT2D eigenvalue weighted by Crippen LogP contribution is 2.19. The molecule has 2 rings (SSSR count). The first kappa shape index (κ1) is 14.2. The Morgan fingerprint density at radius 1 is 1.10 bits per heavy atom. The smallest absolute Gasteiger partial charge is 0.216 e. The molecule has 0 radical (unpaired) electrons. The maximum absolute atomic E-state index is 12.1. The van der Waals surface area contributed by atoms with E-state index in [4.69, 9.17) is 10.4 Å². The fourth-order valence-electron chi connectivity index (χ4n) is 1.63. The van der Waals surface area contributed by atoms with Gasteiger partial charge in [-0.05, 0) is 12.1 Å². The van der Waals surface area contributed by atoms with Crippen molar-refractivity contribution in [1.82, 2.24) is 0 Å². The number of azo groups is 1. The highest BCUT2D eigenvalue weighted by molar-refractivity contribution is 6.08. The van der Waals surface area contributed by atoms with Crippen LogP contribution in [0.4, 0.5) is 5.69 Å². The van der Waals surface area contributed by atoms with Crippen LogP contribution in [0, 0.1) is 11.3 Å². The van der Waals surface area contributed by atoms with Gasteiger partial charge in [0.2, 0.25) is 5.78 Å². The second-order valence-electron chi connectivity index (χ2n) is 4.04. The lowest BCUT2D eigenvalue weighted by molar-refractivity contribution is 0.102. The summed E-state index contributed by atoms with van der Waals surface area (Å²) >= 11 is 0. The van der Waals surface area contributed by atoms with Crippen LogP contribution < -0.4 is 0 Å². The lowest BCUT2D eigenvalue weighted by atomic mass is 10.1. The number of Topliss-reactive ketones (excluding diaryl/α,β-unsaturated/α-hetero) is 1. The van der Waals surface area contributed by atoms with Gasteiger partial charge in [-0.25, -0.2) is 0 Å². The molecule has 0 atom stereocenters. The molecule has 5 nitrogen and oxygen atoms in total. The van der Waals surface area contributed by atoms with Crippen molar-refractivity contribution >= 4 is 11.5 Å². The third-order valence-electron chi connectivity index (χ3n) is 2.68. The molecule has 0 aliphatic carbocycles. The molecule has 0 aliphatic heterocycles. The molecule has 21 heavy (non-hydrogen) atoms. The molecule has 0 aromatic heterocycles. The van der Waals surface area contributed by atoms with E-state index in [0.717, 1.165) is 0 Å². The fourth-order valence-corrected chi connectivity index (χ4v) is 1.63. The van der Waals surface area contributed by atoms with Crippen molar-refractivity contribution in [1.29, 1.82) is 5.26 Å². The SMILES string of the molecule is N#Cc1ccccc1N=N/C(=C/O)C(=O)c1ccccc1. The van der Waals surface area contributed by atoms with Crippen LogP contribution in [0.5, 0.6) is 0 Å². The van der Waals surface area contributed by atoms with Gasteiger partial charge in [-0.1, -0.05) is 42.5 Å². The van der Waals surface area contributed by atoms with E-state index in [1.807, 2.05) is 6.07 Å². The molecule has 0 amide bonds. The number of carbonyl (C=O) groups is 1. The fraction of sp³-hybridized carbons (Fsp3) is 0. The van der Waals surface area contributed by atoms with Gasteiger partial charge in [-0.2, -0.15) is 5.26 Å². The van der Waals surface area contributed by atoms with Gasteiger partial charge in [0.1, 0.15) is 18.0 Å². The van der Waals surface area contributed by atoms with E-state index in [2.05, 4.69) is 10.2 Å². The van der Waals surface area contributed by atoms with Crippen molar-refractivity contribution in [2.45, 2.75) is 0 Å². The average molecular weight is 277 g/mol. The molecule has 5 heteroatoms. The topological polar surface area (TPSA) is 85.8 Å². The normalized spacial score (nSPS) is 11.3. The van der Waals surface area contributed by atoms with Gasteiger partial charge >= 0.3 is 0 Å². The van der Waals surface area contributed by atoms with Gasteiger partial charge in [0.15, 0.2) is 5.70 Å². The molecule has 0 aliphatic rings. The lowest BCUT2D eigenvalue weighted by Crippen LogP contribution is -2.01. The Bertz CT molecular complexity index is 744. The Morgan fingerprint density at radius 3 is 2.43 bits per heavy atom. The van der Waals surface area contributed by atoms with Crippen molar-refractivity contribution < 1.29 is 9.90 Å². The van der Waals surface area contributed by atoms with E-state index in [1.165, 1.54) is 0 Å². The van der Waals surface area contributed by atoms with Crippen LogP contribution in [-0.4, -0.2) is 10.9 Å². The number of nitriles is 1. The number of allylic oxidation sites excluding steroid dienone is 1. The van der Waals surface area contributed by atoms with Gasteiger partial charge in [0.25, 0.3) is 0 Å². The first-order valence-corrected chi connectivity index (χ1v) is 6.11. The van der Waals surface area contributed by atoms with Gasteiger partial charge < -0.3 is 5.11 Å². The molecule has 1 N–H and O–H groups in total. The summed E-state index contributed by atoms with van der Waals surface area (Å²) in [5.74, 6) is -0.448. The van der Waals surface area contributed by atoms with Crippen molar-refractivity contribution in [3.8, 4) is 6.07 Å². The number of benzene rings is 2. The molecule has 0 fully saturated rings. The van der Waals surface area contributed by atoms with Crippen LogP contribution in [0.3, 0.4) is 0 Å². The van der Waals surface area contributed by atoms with Gasteiger partial charge in [-0.3, -0.25) is 4.79 Å². The predicted molar refractivity (Wildman–Crippen MR) is 77.2 cm³/mol. The summed E-state index contributed by atoms with van der Waals surface area (Å²) in [6.45, 7) is 0. The van der Waals surface area contributed by atoms with E-state index in [-0.39, 0.29) is 5.70 Å². The Kier molecular flexibility index (Phi) is 4.57. The highest BCUT2D eigenvalue weighted by Gasteiger charge is 2.12. The van der Waals surface area contributed by atoms with Crippen LogP contribution in [0.2, 0.25) is 0 Å². The van der Waals surface area contributed by atoms with E-state index >= 15 is 0 Å². The third kappa shape index (κ3) is 3.39. The summed E-state index contributed by atoms with van der Waals surface area (Å²) in [6, 6.07) is 17.0. The molecule has 2 aromatic rings. The zero-order chi connectivity index (χ0) is 15.1. The predicted octanol–water partition coefficient (Wildman–Crippen LogP) is 3.92. The molecule has 0 saturated heterocycles. The minimum absolute atomic E-state index is 0.200. The van der Waals surface area contributed by atoms with Crippen LogP contribution in [-0.2, 0) is 0 Å². The number of hydrogen-bond donors (Lipinski definition) is 1. The van der Waals surface area contributed by atoms with Gasteiger partial charge in [0.05, 0.1) is 5.56 Å². The number of rotatable bonds is 4. The molecular weight excluding hydrogens is 266 g/mol. The Labute approximate surface area is 121 Å². The monoisotopic (exact) mass is 277 g/mol. The Hall–Kier alpha value is -3.26. The van der Waals surface area contributed by atoms with Crippen molar-refractivity contribution in [3.63, 3.8) is 0 Å². The quantitative estimate of drug-likeness (QED) is 0.397. The molecule has 0 spiro atoms. The first-order chi connectivity index (χ1) is 10.3. The number of aliphatic hydroxyl groups is 1. The van der Waals surface area contributed by atoms with Crippen molar-refractivity contribution in [3.05, 3.63) is 77.7 Å². The maximum Gasteiger partial charge on any atom is 0.216 e. The second-order valence-corrected chi connectivity index (χ2v) is 4.04. The van der Waals surface area contributed by atoms with E-state index in [1.54, 1.807) is 54.6 Å². The summed E-state index contributed by atoms with van der Waals surface area (Å²) in [6.07, 6.45) is 0.605. The second kappa shape index (κ2) is 6.78. The molecule has 0 unspecified atom stereocenters. The Morgan fingerprint density at radius 2 is 1.76 bits per heavy atom. The standard InChI is InChI=1S/C16H11N3O2/c17-10-13-8-4-5-9-14(13)18-19-15(11-20)16(21)12-6-2-1-3-7-12/h1-9,11,20H/b15-11+,19-18?. The van der Waals surface area contributed by atoms with Crippen LogP contribution in [0.15, 0.2) is 76.8 Å². The van der Waals surface area contributed by atoms with Gasteiger partial charge in [0, 0.05) is 5.56 Å². The number of hydrogen-bond acceptors (Lipinski definition) is 5. The Balaban J connectivity index is 2.27. The first-order valence-electron chi connectivity index (χ1n) is 6.11. The van der Waals surface area contributed by atoms with E-state index < -0.39 is 5.78 Å². The molecule has 102 valence electrons. The third-order valence-corrected chi connectivity index (χ3v) is 2.68. The maximum atomic E-state index is 12.1.